The Hall–Kier alpha value is -1.69. The molecule has 0 radical (unpaired) electrons. The van der Waals surface area contributed by atoms with Crippen LogP contribution in [0.1, 0.15) is 29.0 Å². The monoisotopic (exact) mass is 386 g/mol. The van der Waals surface area contributed by atoms with Crippen LogP contribution in [0.2, 0.25) is 15.1 Å². The second kappa shape index (κ2) is 7.05. The lowest BCUT2D eigenvalue weighted by Gasteiger charge is -2.21. The molecule has 0 saturated heterocycles. The SMILES string of the molecule is CC(NC(=O)c1ncc(Cl)c(Cl)c1Cl)c1ccc2c(c1)OCCO2. The van der Waals surface area contributed by atoms with Crippen molar-refractivity contribution in [3.63, 3.8) is 0 Å². The maximum Gasteiger partial charge on any atom is 0.271 e. The predicted octanol–water partition coefficient (Wildman–Crippen LogP) is 4.30. The number of amides is 1. The number of pyridine rings is 1. The summed E-state index contributed by atoms with van der Waals surface area (Å²) in [4.78, 5) is 16.3. The molecule has 8 heteroatoms. The van der Waals surface area contributed by atoms with Crippen LogP contribution in [-0.2, 0) is 0 Å². The highest BCUT2D eigenvalue weighted by atomic mass is 35.5. The predicted molar refractivity (Wildman–Crippen MR) is 92.6 cm³/mol. The molecule has 0 spiro atoms. The minimum Gasteiger partial charge on any atom is -0.486 e. The van der Waals surface area contributed by atoms with E-state index < -0.39 is 5.91 Å². The molecule has 1 aromatic heterocycles. The number of hydrogen-bond donors (Lipinski definition) is 1. The molecule has 1 N–H and O–H groups in total. The smallest absolute Gasteiger partial charge is 0.271 e. The summed E-state index contributed by atoms with van der Waals surface area (Å²) >= 11 is 17.8. The van der Waals surface area contributed by atoms with Crippen LogP contribution in [0.5, 0.6) is 11.5 Å². The average Bonchev–Trinajstić information content (AvgIpc) is 2.59. The molecule has 0 aliphatic carbocycles. The van der Waals surface area contributed by atoms with Gasteiger partial charge in [-0.25, -0.2) is 4.98 Å². The van der Waals surface area contributed by atoms with Gasteiger partial charge in [0.25, 0.3) is 5.91 Å². The third kappa shape index (κ3) is 3.38. The van der Waals surface area contributed by atoms with E-state index >= 15 is 0 Å². The number of carbonyl (C=O) groups excluding carboxylic acids is 1. The highest BCUT2D eigenvalue weighted by Gasteiger charge is 2.20. The quantitative estimate of drug-likeness (QED) is 0.853. The van der Waals surface area contributed by atoms with E-state index in [1.54, 1.807) is 0 Å². The fourth-order valence-electron chi connectivity index (χ4n) is 2.28. The first-order valence-electron chi connectivity index (χ1n) is 7.17. The summed E-state index contributed by atoms with van der Waals surface area (Å²) in [5, 5.41) is 3.14. The number of rotatable bonds is 3. The van der Waals surface area contributed by atoms with Crippen LogP contribution in [0.4, 0.5) is 0 Å². The molecule has 1 unspecified atom stereocenters. The van der Waals surface area contributed by atoms with E-state index in [0.717, 1.165) is 5.56 Å². The zero-order valence-electron chi connectivity index (χ0n) is 12.6. The Labute approximate surface area is 153 Å². The number of nitrogens with one attached hydrogen (secondary N) is 1. The molecule has 1 atom stereocenters. The zero-order valence-corrected chi connectivity index (χ0v) is 14.9. The summed E-state index contributed by atoms with van der Waals surface area (Å²) in [5.74, 6) is 0.907. The third-order valence-corrected chi connectivity index (χ3v) is 4.79. The van der Waals surface area contributed by atoms with Crippen molar-refractivity contribution in [2.75, 3.05) is 13.2 Å². The molecule has 0 saturated carbocycles. The van der Waals surface area contributed by atoms with E-state index in [2.05, 4.69) is 10.3 Å². The normalized spacial score (nSPS) is 14.2. The Morgan fingerprint density at radius 1 is 1.17 bits per heavy atom. The second-order valence-electron chi connectivity index (χ2n) is 5.18. The molecule has 2 heterocycles. The van der Waals surface area contributed by atoms with E-state index in [0.29, 0.717) is 24.7 Å². The number of hydrogen-bond acceptors (Lipinski definition) is 4. The number of carbonyl (C=O) groups is 1. The van der Waals surface area contributed by atoms with Crippen molar-refractivity contribution in [2.24, 2.45) is 0 Å². The molecule has 24 heavy (non-hydrogen) atoms. The Kier molecular flexibility index (Phi) is 5.04. The molecule has 1 aliphatic heterocycles. The van der Waals surface area contributed by atoms with Gasteiger partial charge in [-0.15, -0.1) is 0 Å². The standard InChI is InChI=1S/C16H13Cl3N2O3/c1-8(9-2-3-11-12(6-9)24-5-4-23-11)21-16(22)15-14(19)13(18)10(17)7-20-15/h2-3,6-8H,4-5H2,1H3,(H,21,22). The molecular formula is C16H13Cl3N2O3. The lowest BCUT2D eigenvalue weighted by molar-refractivity contribution is 0.0935. The lowest BCUT2D eigenvalue weighted by atomic mass is 10.1. The van der Waals surface area contributed by atoms with Gasteiger partial charge in [0, 0.05) is 6.20 Å². The molecule has 1 aliphatic rings. The highest BCUT2D eigenvalue weighted by Crippen LogP contribution is 2.33. The minimum absolute atomic E-state index is 0.0236. The molecule has 0 bridgehead atoms. The van der Waals surface area contributed by atoms with Crippen molar-refractivity contribution in [2.45, 2.75) is 13.0 Å². The number of aromatic nitrogens is 1. The van der Waals surface area contributed by atoms with Crippen LogP contribution in [0.25, 0.3) is 0 Å². The van der Waals surface area contributed by atoms with Gasteiger partial charge in [0.05, 0.1) is 21.1 Å². The van der Waals surface area contributed by atoms with E-state index in [1.165, 1.54) is 6.20 Å². The zero-order chi connectivity index (χ0) is 17.3. The molecule has 3 rings (SSSR count). The van der Waals surface area contributed by atoms with Crippen LogP contribution in [0.15, 0.2) is 24.4 Å². The van der Waals surface area contributed by atoms with Crippen LogP contribution in [-0.4, -0.2) is 24.1 Å². The number of fused-ring (bicyclic) bond motifs is 1. The number of nitrogens with zero attached hydrogens (tertiary/aromatic N) is 1. The highest BCUT2D eigenvalue weighted by molar-refractivity contribution is 6.48. The van der Waals surface area contributed by atoms with Gasteiger partial charge in [-0.3, -0.25) is 4.79 Å². The Balaban J connectivity index is 1.78. The lowest BCUT2D eigenvalue weighted by Crippen LogP contribution is -2.28. The van der Waals surface area contributed by atoms with E-state index in [-0.39, 0.29) is 26.8 Å². The first kappa shape index (κ1) is 17.1. The van der Waals surface area contributed by atoms with Gasteiger partial charge in [-0.05, 0) is 24.6 Å². The first-order chi connectivity index (χ1) is 11.5. The first-order valence-corrected chi connectivity index (χ1v) is 8.30. The fraction of sp³-hybridized carbons (Fsp3) is 0.250. The topological polar surface area (TPSA) is 60.5 Å². The summed E-state index contributed by atoms with van der Waals surface area (Å²) in [5.41, 5.74) is 0.888. The summed E-state index contributed by atoms with van der Waals surface area (Å²) in [6, 6.07) is 5.23. The molecule has 0 fully saturated rings. The van der Waals surface area contributed by atoms with Gasteiger partial charge in [0.1, 0.15) is 18.9 Å². The third-order valence-electron chi connectivity index (χ3n) is 3.55. The van der Waals surface area contributed by atoms with Gasteiger partial charge in [-0.1, -0.05) is 40.9 Å². The second-order valence-corrected chi connectivity index (χ2v) is 6.34. The van der Waals surface area contributed by atoms with Crippen molar-refractivity contribution in [1.82, 2.24) is 10.3 Å². The maximum atomic E-state index is 12.4. The van der Waals surface area contributed by atoms with Gasteiger partial charge >= 0.3 is 0 Å². The van der Waals surface area contributed by atoms with Gasteiger partial charge in [-0.2, -0.15) is 0 Å². The van der Waals surface area contributed by atoms with Crippen LogP contribution < -0.4 is 14.8 Å². The van der Waals surface area contributed by atoms with Crippen molar-refractivity contribution in [3.8, 4) is 11.5 Å². The molecule has 126 valence electrons. The molecule has 5 nitrogen and oxygen atoms in total. The summed E-state index contributed by atoms with van der Waals surface area (Å²) in [6.45, 7) is 2.87. The van der Waals surface area contributed by atoms with E-state index in [4.69, 9.17) is 44.3 Å². The van der Waals surface area contributed by atoms with E-state index in [1.807, 2.05) is 25.1 Å². The summed E-state index contributed by atoms with van der Waals surface area (Å²) in [7, 11) is 0. The summed E-state index contributed by atoms with van der Waals surface area (Å²) < 4.78 is 11.0. The summed E-state index contributed by atoms with van der Waals surface area (Å²) in [6.07, 6.45) is 1.29. The maximum absolute atomic E-state index is 12.4. The van der Waals surface area contributed by atoms with Gasteiger partial charge in [0.15, 0.2) is 11.5 Å². The largest absolute Gasteiger partial charge is 0.486 e. The van der Waals surface area contributed by atoms with Gasteiger partial charge in [0.2, 0.25) is 0 Å². The van der Waals surface area contributed by atoms with Crippen LogP contribution in [0.3, 0.4) is 0 Å². The van der Waals surface area contributed by atoms with Gasteiger partial charge < -0.3 is 14.8 Å². The van der Waals surface area contributed by atoms with Crippen molar-refractivity contribution in [3.05, 3.63) is 50.7 Å². The fourth-order valence-corrected chi connectivity index (χ4v) is 2.85. The Morgan fingerprint density at radius 2 is 1.88 bits per heavy atom. The number of halogens is 3. The van der Waals surface area contributed by atoms with Crippen molar-refractivity contribution in [1.29, 1.82) is 0 Å². The molecular weight excluding hydrogens is 375 g/mol. The van der Waals surface area contributed by atoms with Crippen molar-refractivity contribution >= 4 is 40.7 Å². The Morgan fingerprint density at radius 3 is 2.62 bits per heavy atom. The molecule has 2 aromatic rings. The Bertz CT molecular complexity index is 798. The molecule has 1 aromatic carbocycles. The minimum atomic E-state index is -0.444. The van der Waals surface area contributed by atoms with Crippen LogP contribution in [0, 0.1) is 0 Å². The average molecular weight is 388 g/mol. The number of ether oxygens (including phenoxy) is 2. The van der Waals surface area contributed by atoms with Crippen molar-refractivity contribution < 1.29 is 14.3 Å². The molecule has 1 amide bonds. The van der Waals surface area contributed by atoms with E-state index in [9.17, 15) is 4.79 Å². The number of benzene rings is 1. The van der Waals surface area contributed by atoms with Crippen LogP contribution >= 0.6 is 34.8 Å².